The van der Waals surface area contributed by atoms with Crippen molar-refractivity contribution in [2.24, 2.45) is 18.0 Å². The van der Waals surface area contributed by atoms with E-state index in [0.29, 0.717) is 12.5 Å². The van der Waals surface area contributed by atoms with E-state index in [0.717, 1.165) is 34.6 Å². The van der Waals surface area contributed by atoms with Gasteiger partial charge in [-0.2, -0.15) is 5.38 Å². The number of carbonyl (C=O) groups is 1. The summed E-state index contributed by atoms with van der Waals surface area (Å²) in [6.45, 7) is 6.73. The maximum atomic E-state index is 12.1. The van der Waals surface area contributed by atoms with Crippen LogP contribution in [0.5, 0.6) is 0 Å². The summed E-state index contributed by atoms with van der Waals surface area (Å²) in [4.78, 5) is 17.7. The maximum Gasteiger partial charge on any atom is 0.310 e. The minimum Gasteiger partial charge on any atom is -0.465 e. The second-order valence-corrected chi connectivity index (χ2v) is 6.90. The molecule has 144 valence electrons. The molecular weight excluding hydrogens is 493 g/mol. The molecule has 0 N–H and O–H groups in total. The van der Waals surface area contributed by atoms with E-state index < -0.39 is 0 Å². The molecule has 2 rings (SSSR count). The van der Waals surface area contributed by atoms with Crippen molar-refractivity contribution in [3.63, 3.8) is 0 Å². The van der Waals surface area contributed by atoms with Crippen LogP contribution < -0.4 is 4.80 Å². The molecule has 0 amide bonds. The van der Waals surface area contributed by atoms with Gasteiger partial charge in [0.05, 0.1) is 13.0 Å². The third-order valence-electron chi connectivity index (χ3n) is 3.93. The van der Waals surface area contributed by atoms with E-state index in [4.69, 9.17) is 4.74 Å². The van der Waals surface area contributed by atoms with Crippen molar-refractivity contribution in [3.8, 4) is 0 Å². The summed E-state index contributed by atoms with van der Waals surface area (Å²) < 4.78 is 7.40. The summed E-state index contributed by atoms with van der Waals surface area (Å²) in [5, 5.41) is 3.18. The number of ether oxygens (including phenoxy) is 1. The van der Waals surface area contributed by atoms with Crippen LogP contribution in [-0.4, -0.2) is 17.1 Å². The second kappa shape index (κ2) is 11.4. The van der Waals surface area contributed by atoms with Crippen molar-refractivity contribution in [2.75, 3.05) is 6.61 Å². The number of rotatable bonds is 7. The topological polar surface area (TPSA) is 43.6 Å². The quantitative estimate of drug-likeness (QED) is 0.412. The molecule has 0 saturated heterocycles. The number of thiazole rings is 1. The SMILES string of the molecule is CCCC(C)COC(=O)Cc1ccccc1N=c1s[c-]c(C)n1C.[Yb]. The van der Waals surface area contributed by atoms with Gasteiger partial charge in [-0.05, 0) is 37.9 Å². The predicted molar refractivity (Wildman–Crippen MR) is 97.3 cm³/mol. The standard InChI is InChI=1S/C19H25N2O2S.Yb/c1-5-8-14(2)12-23-18(22)11-16-9-6-7-10-17(16)20-19-21(4)15(3)13-24-19;/h6-7,9-10,14H,5,8,11-12H2,1-4H3;/q-1;. The molecule has 0 aliphatic carbocycles. The first-order valence-electron chi connectivity index (χ1n) is 8.33. The minimum absolute atomic E-state index is 0. The van der Waals surface area contributed by atoms with Crippen LogP contribution in [0.4, 0.5) is 5.69 Å². The van der Waals surface area contributed by atoms with Crippen molar-refractivity contribution in [1.82, 2.24) is 4.57 Å². The van der Waals surface area contributed by atoms with E-state index in [2.05, 4.69) is 24.2 Å². The Balaban J connectivity index is 0.00000312. The van der Waals surface area contributed by atoms with Crippen molar-refractivity contribution in [2.45, 2.75) is 40.0 Å². The molecule has 1 heterocycles. The van der Waals surface area contributed by atoms with Gasteiger partial charge in [0.2, 0.25) is 0 Å². The van der Waals surface area contributed by atoms with Crippen LogP contribution in [0.3, 0.4) is 0 Å². The van der Waals surface area contributed by atoms with Gasteiger partial charge in [0.25, 0.3) is 0 Å². The van der Waals surface area contributed by atoms with Gasteiger partial charge < -0.3 is 25.6 Å². The van der Waals surface area contributed by atoms with Gasteiger partial charge in [-0.25, -0.2) is 0 Å². The van der Waals surface area contributed by atoms with E-state index in [-0.39, 0.29) is 59.3 Å². The third kappa shape index (κ3) is 7.04. The molecule has 6 heteroatoms. The predicted octanol–water partition coefficient (Wildman–Crippen LogP) is 3.95. The van der Waals surface area contributed by atoms with Gasteiger partial charge in [-0.15, -0.1) is 0 Å². The number of hydrogen-bond donors (Lipinski definition) is 0. The second-order valence-electron chi connectivity index (χ2n) is 6.13. The van der Waals surface area contributed by atoms with E-state index in [1.807, 2.05) is 42.8 Å². The Hall–Kier alpha value is -0.361. The normalized spacial score (nSPS) is 12.6. The first kappa shape index (κ1) is 22.7. The summed E-state index contributed by atoms with van der Waals surface area (Å²) in [6, 6.07) is 7.71. The number of esters is 1. The van der Waals surface area contributed by atoms with Gasteiger partial charge in [0.1, 0.15) is 0 Å². The molecule has 4 nitrogen and oxygen atoms in total. The molecule has 0 saturated carbocycles. The summed E-state index contributed by atoms with van der Waals surface area (Å²) in [5.74, 6) is 0.210. The minimum atomic E-state index is -0.195. The van der Waals surface area contributed by atoms with Crippen LogP contribution in [0, 0.1) is 65.1 Å². The maximum absolute atomic E-state index is 12.1. The number of benzene rings is 1. The first-order chi connectivity index (χ1) is 11.5. The number of hydrogen-bond acceptors (Lipinski definition) is 4. The largest absolute Gasteiger partial charge is 0.465 e. The smallest absolute Gasteiger partial charge is 0.310 e. The zero-order chi connectivity index (χ0) is 17.5. The van der Waals surface area contributed by atoms with Gasteiger partial charge in [0, 0.05) is 57.4 Å². The van der Waals surface area contributed by atoms with Crippen LogP contribution in [0.15, 0.2) is 29.3 Å². The first-order valence-corrected chi connectivity index (χ1v) is 9.15. The fourth-order valence-electron chi connectivity index (χ4n) is 2.39. The van der Waals surface area contributed by atoms with Crippen LogP contribution in [-0.2, 0) is 23.0 Å². The Bertz CT molecular complexity index is 752. The third-order valence-corrected chi connectivity index (χ3v) is 4.88. The Morgan fingerprint density at radius 2 is 2.12 bits per heavy atom. The van der Waals surface area contributed by atoms with Crippen molar-refractivity contribution in [3.05, 3.63) is 45.7 Å². The summed E-state index contributed by atoms with van der Waals surface area (Å²) in [6.07, 6.45) is 2.43. The Kier molecular flexibility index (Phi) is 10.3. The fourth-order valence-corrected chi connectivity index (χ4v) is 3.18. The molecule has 2 aromatic rings. The Morgan fingerprint density at radius 1 is 1.40 bits per heavy atom. The average Bonchev–Trinajstić information content (AvgIpc) is 2.87. The van der Waals surface area contributed by atoms with Gasteiger partial charge >= 0.3 is 5.97 Å². The van der Waals surface area contributed by atoms with Gasteiger partial charge in [0.15, 0.2) is 0 Å². The molecule has 1 atom stereocenters. The molecule has 1 aromatic heterocycles. The molecule has 1 aromatic carbocycles. The monoisotopic (exact) mass is 519 g/mol. The summed E-state index contributed by atoms with van der Waals surface area (Å²) in [7, 11) is 1.97. The van der Waals surface area contributed by atoms with E-state index in [1.165, 1.54) is 11.3 Å². The Morgan fingerprint density at radius 3 is 2.76 bits per heavy atom. The number of aryl methyl sites for hydroxylation is 1. The number of para-hydroxylation sites is 1. The van der Waals surface area contributed by atoms with Crippen molar-refractivity contribution in [1.29, 1.82) is 0 Å². The van der Waals surface area contributed by atoms with Crippen molar-refractivity contribution >= 4 is 23.0 Å². The van der Waals surface area contributed by atoms with E-state index in [1.54, 1.807) is 0 Å². The summed E-state index contributed by atoms with van der Waals surface area (Å²) >= 11 is 1.47. The number of nitrogens with zero attached hydrogens (tertiary/aromatic N) is 2. The van der Waals surface area contributed by atoms with E-state index in [9.17, 15) is 4.79 Å². The molecule has 0 radical (unpaired) electrons. The van der Waals surface area contributed by atoms with Crippen LogP contribution in [0.1, 0.15) is 37.9 Å². The van der Waals surface area contributed by atoms with Gasteiger partial charge in [-0.1, -0.05) is 44.2 Å². The summed E-state index contributed by atoms with van der Waals surface area (Å²) in [5.41, 5.74) is 2.74. The Labute approximate surface area is 192 Å². The molecular formula is C19H25N2O2SYb-. The molecule has 0 fully saturated rings. The van der Waals surface area contributed by atoms with Crippen molar-refractivity contribution < 1.29 is 56.5 Å². The van der Waals surface area contributed by atoms with Crippen LogP contribution in [0.2, 0.25) is 0 Å². The van der Waals surface area contributed by atoms with Crippen LogP contribution in [0.25, 0.3) is 0 Å². The van der Waals surface area contributed by atoms with Gasteiger partial charge in [-0.3, -0.25) is 4.79 Å². The number of aromatic nitrogens is 1. The molecule has 0 aliphatic rings. The molecule has 25 heavy (non-hydrogen) atoms. The van der Waals surface area contributed by atoms with E-state index >= 15 is 0 Å². The molecule has 0 bridgehead atoms. The van der Waals surface area contributed by atoms with Crippen LogP contribution >= 0.6 is 11.3 Å². The number of carbonyl (C=O) groups excluding carboxylic acids is 1. The zero-order valence-corrected chi connectivity index (χ0v) is 17.6. The fraction of sp³-hybridized carbons (Fsp3) is 0.474. The average molecular weight is 519 g/mol. The molecule has 0 spiro atoms. The molecule has 1 unspecified atom stereocenters. The molecule has 0 aliphatic heterocycles. The zero-order valence-electron chi connectivity index (χ0n) is 15.1.